The highest BCUT2D eigenvalue weighted by atomic mass is 32.1. The van der Waals surface area contributed by atoms with Gasteiger partial charge in [0.15, 0.2) is 10.7 Å². The number of thiazole rings is 1. The van der Waals surface area contributed by atoms with Gasteiger partial charge in [-0.3, -0.25) is 0 Å². The van der Waals surface area contributed by atoms with Crippen molar-refractivity contribution >= 4 is 28.8 Å². The Morgan fingerprint density at radius 2 is 1.74 bits per heavy atom. The fourth-order valence-electron chi connectivity index (χ4n) is 2.29. The first-order valence-corrected chi connectivity index (χ1v) is 8.42. The second-order valence-corrected chi connectivity index (χ2v) is 6.43. The Hall–Kier alpha value is -3.07. The summed E-state index contributed by atoms with van der Waals surface area (Å²) >= 11 is 0.967. The molecule has 0 saturated heterocycles. The molecular formula is C18H13F3N2O3S. The van der Waals surface area contributed by atoms with Gasteiger partial charge in [-0.25, -0.2) is 9.78 Å². The van der Waals surface area contributed by atoms with Crippen molar-refractivity contribution in [2.45, 2.75) is 6.18 Å². The Balaban J connectivity index is 1.90. The van der Waals surface area contributed by atoms with Gasteiger partial charge in [0.2, 0.25) is 0 Å². The molecular weight excluding hydrogens is 381 g/mol. The molecule has 5 nitrogen and oxygen atoms in total. The SMILES string of the molecule is COc1ccc(-c2nc(Nc3ccc(C(F)(F)F)cc3)c(C(=O)O)s2)cc1. The summed E-state index contributed by atoms with van der Waals surface area (Å²) < 4.78 is 43.0. The second-order valence-electron chi connectivity index (χ2n) is 5.43. The summed E-state index contributed by atoms with van der Waals surface area (Å²) in [5.74, 6) is -0.461. The lowest BCUT2D eigenvalue weighted by atomic mass is 10.2. The number of carboxylic acids is 1. The fourth-order valence-corrected chi connectivity index (χ4v) is 3.15. The molecule has 0 saturated carbocycles. The Labute approximate surface area is 156 Å². The Morgan fingerprint density at radius 3 is 2.26 bits per heavy atom. The molecule has 2 N–H and O–H groups in total. The Kier molecular flexibility index (Phi) is 5.04. The molecule has 0 atom stereocenters. The average molecular weight is 394 g/mol. The van der Waals surface area contributed by atoms with Gasteiger partial charge in [0.1, 0.15) is 10.8 Å². The highest BCUT2D eigenvalue weighted by Gasteiger charge is 2.30. The van der Waals surface area contributed by atoms with Gasteiger partial charge < -0.3 is 15.2 Å². The van der Waals surface area contributed by atoms with Gasteiger partial charge >= 0.3 is 12.1 Å². The summed E-state index contributed by atoms with van der Waals surface area (Å²) in [6.07, 6.45) is -4.44. The van der Waals surface area contributed by atoms with Gasteiger partial charge in [0.25, 0.3) is 0 Å². The number of anilines is 2. The molecule has 27 heavy (non-hydrogen) atoms. The predicted molar refractivity (Wildman–Crippen MR) is 95.8 cm³/mol. The maximum atomic E-state index is 12.6. The number of hydrogen-bond acceptors (Lipinski definition) is 5. The van der Waals surface area contributed by atoms with Crippen LogP contribution in [-0.2, 0) is 6.18 Å². The van der Waals surface area contributed by atoms with Crippen LogP contribution in [0, 0.1) is 0 Å². The van der Waals surface area contributed by atoms with E-state index in [9.17, 15) is 23.1 Å². The van der Waals surface area contributed by atoms with E-state index in [1.165, 1.54) is 19.2 Å². The predicted octanol–water partition coefficient (Wildman–Crippen LogP) is 5.28. The minimum Gasteiger partial charge on any atom is -0.497 e. The first-order chi connectivity index (χ1) is 12.8. The van der Waals surface area contributed by atoms with Gasteiger partial charge in [-0.2, -0.15) is 13.2 Å². The van der Waals surface area contributed by atoms with Crippen LogP contribution in [-0.4, -0.2) is 23.2 Å². The number of rotatable bonds is 5. The normalized spacial score (nSPS) is 11.3. The molecule has 0 aliphatic rings. The molecule has 0 bridgehead atoms. The molecule has 0 radical (unpaired) electrons. The molecule has 0 spiro atoms. The number of halogens is 3. The van der Waals surface area contributed by atoms with Crippen molar-refractivity contribution < 1.29 is 27.8 Å². The third kappa shape index (κ3) is 4.20. The number of carboxylic acid groups (broad SMARTS) is 1. The zero-order valence-corrected chi connectivity index (χ0v) is 14.7. The summed E-state index contributed by atoms with van der Waals surface area (Å²) in [6, 6.07) is 11.2. The summed E-state index contributed by atoms with van der Waals surface area (Å²) in [4.78, 5) is 15.8. The van der Waals surface area contributed by atoms with Gasteiger partial charge in [0, 0.05) is 11.3 Å². The van der Waals surface area contributed by atoms with Crippen LogP contribution >= 0.6 is 11.3 Å². The third-order valence-corrected chi connectivity index (χ3v) is 4.73. The second kappa shape index (κ2) is 7.28. The van der Waals surface area contributed by atoms with Crippen LogP contribution in [0.1, 0.15) is 15.2 Å². The van der Waals surface area contributed by atoms with Crippen molar-refractivity contribution in [2.24, 2.45) is 0 Å². The lowest BCUT2D eigenvalue weighted by molar-refractivity contribution is -0.137. The van der Waals surface area contributed by atoms with Crippen molar-refractivity contribution in [2.75, 3.05) is 12.4 Å². The van der Waals surface area contributed by atoms with E-state index in [0.29, 0.717) is 22.0 Å². The number of ether oxygens (including phenoxy) is 1. The standard InChI is InChI=1S/C18H13F3N2O3S/c1-26-13-8-2-10(3-9-13)16-23-15(14(27-16)17(24)25)22-12-6-4-11(5-7-12)18(19,20)21/h2-9,22H,1H3,(H,24,25). The summed E-state index contributed by atoms with van der Waals surface area (Å²) in [5, 5.41) is 12.6. The molecule has 9 heteroatoms. The summed E-state index contributed by atoms with van der Waals surface area (Å²) in [6.45, 7) is 0. The Morgan fingerprint density at radius 1 is 1.11 bits per heavy atom. The van der Waals surface area contributed by atoms with E-state index in [1.807, 2.05) is 0 Å². The lowest BCUT2D eigenvalue weighted by Crippen LogP contribution is -2.05. The zero-order valence-electron chi connectivity index (χ0n) is 13.9. The highest BCUT2D eigenvalue weighted by Crippen LogP contribution is 2.34. The minimum atomic E-state index is -4.44. The number of methoxy groups -OCH3 is 1. The molecule has 2 aromatic carbocycles. The van der Waals surface area contributed by atoms with Gasteiger partial charge in [0.05, 0.1) is 12.7 Å². The number of hydrogen-bond donors (Lipinski definition) is 2. The molecule has 0 amide bonds. The highest BCUT2D eigenvalue weighted by molar-refractivity contribution is 7.17. The van der Waals surface area contributed by atoms with E-state index in [2.05, 4.69) is 10.3 Å². The smallest absolute Gasteiger partial charge is 0.416 e. The number of aromatic carboxylic acids is 1. The van der Waals surface area contributed by atoms with Crippen LogP contribution in [0.25, 0.3) is 10.6 Å². The van der Waals surface area contributed by atoms with Gasteiger partial charge in [-0.15, -0.1) is 11.3 Å². The molecule has 1 aromatic heterocycles. The number of benzene rings is 2. The molecule has 3 rings (SSSR count). The fraction of sp³-hybridized carbons (Fsp3) is 0.111. The third-order valence-electron chi connectivity index (χ3n) is 3.63. The zero-order chi connectivity index (χ0) is 19.6. The maximum Gasteiger partial charge on any atom is 0.416 e. The number of alkyl halides is 3. The van der Waals surface area contributed by atoms with E-state index >= 15 is 0 Å². The molecule has 3 aromatic rings. The molecule has 1 heterocycles. The van der Waals surface area contributed by atoms with Crippen LogP contribution in [0.2, 0.25) is 0 Å². The molecule has 0 fully saturated rings. The van der Waals surface area contributed by atoms with Crippen LogP contribution in [0.5, 0.6) is 5.75 Å². The van der Waals surface area contributed by atoms with Crippen molar-refractivity contribution in [1.82, 2.24) is 4.98 Å². The molecule has 0 aliphatic heterocycles. The largest absolute Gasteiger partial charge is 0.497 e. The first kappa shape index (κ1) is 18.7. The van der Waals surface area contributed by atoms with Gasteiger partial charge in [-0.1, -0.05) is 0 Å². The number of aromatic nitrogens is 1. The van der Waals surface area contributed by atoms with Crippen molar-refractivity contribution in [3.8, 4) is 16.3 Å². The van der Waals surface area contributed by atoms with Crippen LogP contribution in [0.15, 0.2) is 48.5 Å². The average Bonchev–Trinajstić information content (AvgIpc) is 3.05. The number of nitrogens with one attached hydrogen (secondary N) is 1. The Bertz CT molecular complexity index is 951. The van der Waals surface area contributed by atoms with E-state index in [-0.39, 0.29) is 10.7 Å². The van der Waals surface area contributed by atoms with Crippen molar-refractivity contribution in [1.29, 1.82) is 0 Å². The molecule has 140 valence electrons. The lowest BCUT2D eigenvalue weighted by Gasteiger charge is -2.08. The van der Waals surface area contributed by atoms with Crippen LogP contribution in [0.4, 0.5) is 24.7 Å². The van der Waals surface area contributed by atoms with Crippen LogP contribution in [0.3, 0.4) is 0 Å². The van der Waals surface area contributed by atoms with E-state index in [4.69, 9.17) is 4.74 Å². The van der Waals surface area contributed by atoms with Gasteiger partial charge in [-0.05, 0) is 48.5 Å². The summed E-state index contributed by atoms with van der Waals surface area (Å²) in [5.41, 5.74) is 0.213. The number of nitrogens with zero attached hydrogens (tertiary/aromatic N) is 1. The van der Waals surface area contributed by atoms with Crippen molar-refractivity contribution in [3.05, 3.63) is 59.0 Å². The van der Waals surface area contributed by atoms with Crippen LogP contribution < -0.4 is 10.1 Å². The first-order valence-electron chi connectivity index (χ1n) is 7.61. The number of carbonyl (C=O) groups is 1. The minimum absolute atomic E-state index is 0.0410. The molecule has 0 unspecified atom stereocenters. The van der Waals surface area contributed by atoms with E-state index in [0.717, 1.165) is 23.5 Å². The van der Waals surface area contributed by atoms with Crippen molar-refractivity contribution in [3.63, 3.8) is 0 Å². The monoisotopic (exact) mass is 394 g/mol. The van der Waals surface area contributed by atoms with E-state index in [1.54, 1.807) is 24.3 Å². The topological polar surface area (TPSA) is 71.5 Å². The quantitative estimate of drug-likeness (QED) is 0.616. The van der Waals surface area contributed by atoms with E-state index < -0.39 is 17.7 Å². The maximum absolute atomic E-state index is 12.6. The molecule has 0 aliphatic carbocycles. The summed E-state index contributed by atoms with van der Waals surface area (Å²) in [7, 11) is 1.53.